The lowest BCUT2D eigenvalue weighted by Crippen LogP contribution is -2.43. The number of rotatable bonds is 5. The molecule has 5 nitrogen and oxygen atoms in total. The van der Waals surface area contributed by atoms with E-state index in [1.54, 1.807) is 49.4 Å². The molecule has 2 aromatic rings. The summed E-state index contributed by atoms with van der Waals surface area (Å²) < 4.78 is 0. The number of carbonyl (C=O) groups excluding carboxylic acids is 2. The van der Waals surface area contributed by atoms with E-state index < -0.39 is 11.9 Å². The van der Waals surface area contributed by atoms with Gasteiger partial charge in [-0.15, -0.1) is 0 Å². The Labute approximate surface area is 149 Å². The Morgan fingerprint density at radius 1 is 1.12 bits per heavy atom. The highest BCUT2D eigenvalue weighted by molar-refractivity contribution is 6.36. The van der Waals surface area contributed by atoms with Crippen LogP contribution in [0.2, 0.25) is 10.0 Å². The zero-order valence-corrected chi connectivity index (χ0v) is 14.3. The van der Waals surface area contributed by atoms with Crippen molar-refractivity contribution in [2.75, 3.05) is 0 Å². The molecule has 0 fully saturated rings. The van der Waals surface area contributed by atoms with E-state index >= 15 is 0 Å². The molecule has 2 rings (SSSR count). The van der Waals surface area contributed by atoms with Crippen LogP contribution in [0.5, 0.6) is 0 Å². The number of hydrogen-bond donors (Lipinski definition) is 2. The van der Waals surface area contributed by atoms with Crippen LogP contribution in [0.3, 0.4) is 0 Å². The van der Waals surface area contributed by atoms with Crippen LogP contribution >= 0.6 is 23.2 Å². The molecule has 24 heavy (non-hydrogen) atoms. The van der Waals surface area contributed by atoms with E-state index in [0.717, 1.165) is 0 Å². The summed E-state index contributed by atoms with van der Waals surface area (Å²) in [5.74, 6) is -0.774. The Hall–Kier alpha value is -2.37. The number of amides is 2. The monoisotopic (exact) mass is 363 g/mol. The first-order valence-corrected chi connectivity index (χ1v) is 7.87. The number of nitrogens with zero attached hydrogens (tertiary/aromatic N) is 1. The summed E-state index contributed by atoms with van der Waals surface area (Å²) in [6.45, 7) is 1.57. The Morgan fingerprint density at radius 2 is 1.83 bits per heavy atom. The van der Waals surface area contributed by atoms with Gasteiger partial charge in [0.2, 0.25) is 0 Å². The summed E-state index contributed by atoms with van der Waals surface area (Å²) in [6.07, 6.45) is 1.41. The Kier molecular flexibility index (Phi) is 6.35. The van der Waals surface area contributed by atoms with Crippen molar-refractivity contribution in [2.45, 2.75) is 13.0 Å². The first kappa shape index (κ1) is 18.0. The van der Waals surface area contributed by atoms with Gasteiger partial charge in [-0.1, -0.05) is 47.5 Å². The van der Waals surface area contributed by atoms with Gasteiger partial charge in [-0.05, 0) is 31.2 Å². The van der Waals surface area contributed by atoms with E-state index in [9.17, 15) is 9.59 Å². The van der Waals surface area contributed by atoms with Crippen molar-refractivity contribution in [3.8, 4) is 0 Å². The van der Waals surface area contributed by atoms with Crippen molar-refractivity contribution in [1.29, 1.82) is 0 Å². The van der Waals surface area contributed by atoms with Crippen LogP contribution in [0.4, 0.5) is 0 Å². The average Bonchev–Trinajstić information content (AvgIpc) is 2.57. The van der Waals surface area contributed by atoms with Gasteiger partial charge in [0.25, 0.3) is 11.8 Å². The van der Waals surface area contributed by atoms with Gasteiger partial charge in [0, 0.05) is 16.1 Å². The van der Waals surface area contributed by atoms with Crippen molar-refractivity contribution < 1.29 is 9.59 Å². The standard InChI is InChI=1S/C17H15Cl2N3O2/c1-11(21-17(24)12-5-3-2-4-6-12)16(23)22-20-10-13-7-8-14(18)9-15(13)19/h2-11H,1H3,(H,21,24)(H,22,23)/b20-10-/t11-/m0/s1. The van der Waals surface area contributed by atoms with Crippen LogP contribution in [0.1, 0.15) is 22.8 Å². The molecule has 0 saturated heterocycles. The number of carbonyl (C=O) groups is 2. The Morgan fingerprint density at radius 3 is 2.50 bits per heavy atom. The maximum atomic E-state index is 12.0. The summed E-state index contributed by atoms with van der Waals surface area (Å²) >= 11 is 11.8. The second-order valence-electron chi connectivity index (χ2n) is 4.96. The highest BCUT2D eigenvalue weighted by Gasteiger charge is 2.15. The minimum atomic E-state index is -0.740. The van der Waals surface area contributed by atoms with Gasteiger partial charge in [0.15, 0.2) is 0 Å². The van der Waals surface area contributed by atoms with E-state index in [1.165, 1.54) is 6.21 Å². The Bertz CT molecular complexity index is 764. The molecular weight excluding hydrogens is 349 g/mol. The first-order valence-electron chi connectivity index (χ1n) is 7.11. The minimum Gasteiger partial charge on any atom is -0.340 e. The van der Waals surface area contributed by atoms with Gasteiger partial charge in [-0.3, -0.25) is 9.59 Å². The predicted molar refractivity (Wildman–Crippen MR) is 95.6 cm³/mol. The second kappa shape index (κ2) is 8.47. The summed E-state index contributed by atoms with van der Waals surface area (Å²) in [7, 11) is 0. The summed E-state index contributed by atoms with van der Waals surface area (Å²) in [5, 5.41) is 7.36. The predicted octanol–water partition coefficient (Wildman–Crippen LogP) is 3.26. The molecule has 7 heteroatoms. The maximum absolute atomic E-state index is 12.0. The van der Waals surface area contributed by atoms with Gasteiger partial charge in [-0.2, -0.15) is 5.10 Å². The lowest BCUT2D eigenvalue weighted by atomic mass is 10.2. The largest absolute Gasteiger partial charge is 0.340 e. The van der Waals surface area contributed by atoms with Crippen molar-refractivity contribution in [2.24, 2.45) is 5.10 Å². The molecule has 2 N–H and O–H groups in total. The summed E-state index contributed by atoms with van der Waals surface area (Å²) in [6, 6.07) is 12.8. The molecule has 0 unspecified atom stereocenters. The molecule has 0 aliphatic rings. The van der Waals surface area contributed by atoms with Crippen LogP contribution in [0.15, 0.2) is 53.6 Å². The molecular formula is C17H15Cl2N3O2. The van der Waals surface area contributed by atoms with Crippen molar-refractivity contribution in [3.63, 3.8) is 0 Å². The van der Waals surface area contributed by atoms with E-state index in [4.69, 9.17) is 23.2 Å². The third-order valence-electron chi connectivity index (χ3n) is 3.12. The fourth-order valence-electron chi connectivity index (χ4n) is 1.80. The fourth-order valence-corrected chi connectivity index (χ4v) is 2.26. The molecule has 0 radical (unpaired) electrons. The first-order chi connectivity index (χ1) is 11.5. The zero-order chi connectivity index (χ0) is 17.5. The smallest absolute Gasteiger partial charge is 0.262 e. The fraction of sp³-hybridized carbons (Fsp3) is 0.118. The van der Waals surface area contributed by atoms with Gasteiger partial charge >= 0.3 is 0 Å². The van der Waals surface area contributed by atoms with Crippen LogP contribution in [0, 0.1) is 0 Å². The van der Waals surface area contributed by atoms with E-state index in [0.29, 0.717) is 21.2 Å². The highest BCUT2D eigenvalue weighted by atomic mass is 35.5. The maximum Gasteiger partial charge on any atom is 0.262 e. The lowest BCUT2D eigenvalue weighted by molar-refractivity contribution is -0.122. The van der Waals surface area contributed by atoms with E-state index in [1.807, 2.05) is 6.07 Å². The molecule has 1 atom stereocenters. The van der Waals surface area contributed by atoms with Crippen LogP contribution < -0.4 is 10.7 Å². The van der Waals surface area contributed by atoms with Crippen molar-refractivity contribution in [1.82, 2.24) is 10.7 Å². The molecule has 0 spiro atoms. The van der Waals surface area contributed by atoms with Gasteiger partial charge in [0.05, 0.1) is 11.2 Å². The lowest BCUT2D eigenvalue weighted by Gasteiger charge is -2.12. The second-order valence-corrected chi connectivity index (χ2v) is 5.80. The molecule has 0 aromatic heterocycles. The number of hydrogen-bond acceptors (Lipinski definition) is 3. The molecule has 0 heterocycles. The zero-order valence-electron chi connectivity index (χ0n) is 12.8. The molecule has 0 aliphatic heterocycles. The van der Waals surface area contributed by atoms with Crippen molar-refractivity contribution in [3.05, 3.63) is 69.7 Å². The molecule has 0 bridgehead atoms. The quantitative estimate of drug-likeness (QED) is 0.632. The molecule has 2 aromatic carbocycles. The molecule has 0 aliphatic carbocycles. The molecule has 2 amide bonds. The third-order valence-corrected chi connectivity index (χ3v) is 3.68. The number of nitrogens with one attached hydrogen (secondary N) is 2. The SMILES string of the molecule is C[C@H](NC(=O)c1ccccc1)C(=O)N/N=C\c1ccc(Cl)cc1Cl. The average molecular weight is 364 g/mol. The minimum absolute atomic E-state index is 0.331. The van der Waals surface area contributed by atoms with E-state index in [2.05, 4.69) is 15.8 Å². The number of benzene rings is 2. The highest BCUT2D eigenvalue weighted by Crippen LogP contribution is 2.19. The third kappa shape index (κ3) is 5.08. The van der Waals surface area contributed by atoms with Gasteiger partial charge < -0.3 is 5.32 Å². The van der Waals surface area contributed by atoms with Crippen LogP contribution in [-0.4, -0.2) is 24.1 Å². The summed E-state index contributed by atoms with van der Waals surface area (Å²) in [4.78, 5) is 23.9. The topological polar surface area (TPSA) is 70.6 Å². The van der Waals surface area contributed by atoms with Crippen molar-refractivity contribution >= 4 is 41.2 Å². The van der Waals surface area contributed by atoms with Gasteiger partial charge in [0.1, 0.15) is 6.04 Å². The van der Waals surface area contributed by atoms with Crippen LogP contribution in [-0.2, 0) is 4.79 Å². The Balaban J connectivity index is 1.89. The van der Waals surface area contributed by atoms with Gasteiger partial charge in [-0.25, -0.2) is 5.43 Å². The normalized spacial score (nSPS) is 12.0. The summed E-state index contributed by atoms with van der Waals surface area (Å²) in [5.41, 5.74) is 3.45. The van der Waals surface area contributed by atoms with Crippen LogP contribution in [0.25, 0.3) is 0 Å². The molecule has 0 saturated carbocycles. The number of halogens is 2. The molecule has 124 valence electrons. The number of hydrazone groups is 1. The van der Waals surface area contributed by atoms with E-state index in [-0.39, 0.29) is 5.91 Å².